The Hall–Kier alpha value is -1.26. The molecule has 2 nitrogen and oxygen atoms in total. The predicted octanol–water partition coefficient (Wildman–Crippen LogP) is 5.75. The van der Waals surface area contributed by atoms with Crippen molar-refractivity contribution in [2.45, 2.75) is 32.4 Å². The van der Waals surface area contributed by atoms with Crippen LogP contribution in [-0.2, 0) is 10.5 Å². The number of nitrogens with one attached hydrogen (secondary N) is 1. The van der Waals surface area contributed by atoms with Gasteiger partial charge in [-0.2, -0.15) is 0 Å². The van der Waals surface area contributed by atoms with E-state index in [1.807, 2.05) is 31.2 Å². The Bertz CT molecular complexity index is 685. The number of halogens is 1. The van der Waals surface area contributed by atoms with E-state index in [1.54, 1.807) is 11.8 Å². The molecular weight excluding hydrogens is 370 g/mol. The van der Waals surface area contributed by atoms with Gasteiger partial charge in [0.2, 0.25) is 5.91 Å². The van der Waals surface area contributed by atoms with E-state index in [0.29, 0.717) is 11.7 Å². The molecule has 1 N–H and O–H groups in total. The summed E-state index contributed by atoms with van der Waals surface area (Å²) >= 11 is 5.10. The van der Waals surface area contributed by atoms with Crippen LogP contribution in [0, 0.1) is 6.92 Å². The van der Waals surface area contributed by atoms with Crippen LogP contribution in [-0.4, -0.2) is 11.7 Å². The lowest BCUT2D eigenvalue weighted by Crippen LogP contribution is -2.16. The summed E-state index contributed by atoms with van der Waals surface area (Å²) < 4.78 is 1.07. The predicted molar refractivity (Wildman–Crippen MR) is 104 cm³/mol. The normalized spacial score (nSPS) is 10.8. The fourth-order valence-corrected chi connectivity index (χ4v) is 3.63. The van der Waals surface area contributed by atoms with Crippen molar-refractivity contribution in [2.75, 3.05) is 11.1 Å². The Kier molecular flexibility index (Phi) is 6.72. The zero-order valence-electron chi connectivity index (χ0n) is 13.7. The third-order valence-electron chi connectivity index (χ3n) is 3.58. The molecule has 4 heteroatoms. The minimum absolute atomic E-state index is 0.0567. The molecule has 0 heterocycles. The fraction of sp³-hybridized carbons (Fsp3) is 0.316. The second-order valence-electron chi connectivity index (χ2n) is 5.86. The first-order valence-corrected chi connectivity index (χ1v) is 9.63. The molecule has 2 rings (SSSR count). The number of hydrogen-bond donors (Lipinski definition) is 1. The number of para-hydroxylation sites is 1. The molecule has 0 saturated heterocycles. The molecule has 122 valence electrons. The molecule has 0 aliphatic carbocycles. The molecule has 0 radical (unpaired) electrons. The summed E-state index contributed by atoms with van der Waals surface area (Å²) in [7, 11) is 0. The molecule has 0 aliphatic heterocycles. The van der Waals surface area contributed by atoms with Crippen molar-refractivity contribution in [1.29, 1.82) is 0 Å². The number of aryl methyl sites for hydroxylation is 1. The van der Waals surface area contributed by atoms with E-state index >= 15 is 0 Å². The maximum atomic E-state index is 12.3. The van der Waals surface area contributed by atoms with Crippen LogP contribution in [0.3, 0.4) is 0 Å². The monoisotopic (exact) mass is 391 g/mol. The summed E-state index contributed by atoms with van der Waals surface area (Å²) in [5, 5.41) is 3.09. The molecule has 0 spiro atoms. The minimum atomic E-state index is 0.0567. The minimum Gasteiger partial charge on any atom is -0.325 e. The van der Waals surface area contributed by atoms with E-state index in [0.717, 1.165) is 21.5 Å². The summed E-state index contributed by atoms with van der Waals surface area (Å²) in [4.78, 5) is 12.3. The average molecular weight is 392 g/mol. The Morgan fingerprint density at radius 2 is 1.96 bits per heavy atom. The summed E-state index contributed by atoms with van der Waals surface area (Å²) in [5.74, 6) is 1.73. The van der Waals surface area contributed by atoms with Crippen molar-refractivity contribution in [2.24, 2.45) is 0 Å². The van der Waals surface area contributed by atoms with E-state index < -0.39 is 0 Å². The third-order valence-corrected chi connectivity index (χ3v) is 5.08. The van der Waals surface area contributed by atoms with Crippen LogP contribution in [0.15, 0.2) is 46.9 Å². The van der Waals surface area contributed by atoms with Crippen molar-refractivity contribution >= 4 is 39.3 Å². The number of carbonyl (C=O) groups excluding carboxylic acids is 1. The number of thioether (sulfide) groups is 1. The summed E-state index contributed by atoms with van der Waals surface area (Å²) in [5.41, 5.74) is 4.49. The largest absolute Gasteiger partial charge is 0.325 e. The van der Waals surface area contributed by atoms with Crippen LogP contribution in [0.1, 0.15) is 36.5 Å². The molecule has 1 amide bonds. The average Bonchev–Trinajstić information content (AvgIpc) is 2.49. The van der Waals surface area contributed by atoms with Gasteiger partial charge < -0.3 is 5.32 Å². The van der Waals surface area contributed by atoms with Crippen LogP contribution in [0.4, 0.5) is 5.69 Å². The van der Waals surface area contributed by atoms with Gasteiger partial charge in [-0.05, 0) is 41.7 Å². The van der Waals surface area contributed by atoms with Gasteiger partial charge in [-0.1, -0.05) is 60.1 Å². The second kappa shape index (κ2) is 8.55. The first-order chi connectivity index (χ1) is 11.0. The van der Waals surface area contributed by atoms with Gasteiger partial charge in [0.15, 0.2) is 0 Å². The highest BCUT2D eigenvalue weighted by Crippen LogP contribution is 2.27. The number of anilines is 1. The number of hydrogen-bond acceptors (Lipinski definition) is 2. The zero-order chi connectivity index (χ0) is 16.8. The van der Waals surface area contributed by atoms with Gasteiger partial charge >= 0.3 is 0 Å². The van der Waals surface area contributed by atoms with Gasteiger partial charge in [-0.15, -0.1) is 11.8 Å². The summed E-state index contributed by atoms with van der Waals surface area (Å²) in [6.07, 6.45) is 0. The molecule has 0 atom stereocenters. The van der Waals surface area contributed by atoms with Crippen molar-refractivity contribution in [1.82, 2.24) is 0 Å². The smallest absolute Gasteiger partial charge is 0.234 e. The first kappa shape index (κ1) is 18.1. The lowest BCUT2D eigenvalue weighted by molar-refractivity contribution is -0.113. The van der Waals surface area contributed by atoms with Gasteiger partial charge in [0.05, 0.1) is 5.75 Å². The van der Waals surface area contributed by atoms with Crippen molar-refractivity contribution in [3.63, 3.8) is 0 Å². The molecule has 23 heavy (non-hydrogen) atoms. The van der Waals surface area contributed by atoms with Crippen molar-refractivity contribution < 1.29 is 4.79 Å². The fourth-order valence-electron chi connectivity index (χ4n) is 2.41. The van der Waals surface area contributed by atoms with Gasteiger partial charge in [-0.25, -0.2) is 0 Å². The number of benzene rings is 2. The molecule has 2 aromatic carbocycles. The number of carbonyl (C=O) groups is 1. The molecule has 0 fully saturated rings. The highest BCUT2D eigenvalue weighted by atomic mass is 79.9. The van der Waals surface area contributed by atoms with E-state index in [4.69, 9.17) is 0 Å². The van der Waals surface area contributed by atoms with Crippen LogP contribution in [0.25, 0.3) is 0 Å². The highest BCUT2D eigenvalue weighted by molar-refractivity contribution is 9.10. The maximum Gasteiger partial charge on any atom is 0.234 e. The maximum absolute atomic E-state index is 12.3. The van der Waals surface area contributed by atoms with Crippen LogP contribution in [0.5, 0.6) is 0 Å². The van der Waals surface area contributed by atoms with Crippen molar-refractivity contribution in [3.8, 4) is 0 Å². The van der Waals surface area contributed by atoms with Gasteiger partial charge in [0.1, 0.15) is 0 Å². The molecule has 0 aliphatic rings. The van der Waals surface area contributed by atoms with E-state index in [9.17, 15) is 4.79 Å². The second-order valence-corrected chi connectivity index (χ2v) is 7.77. The van der Waals surface area contributed by atoms with Crippen LogP contribution < -0.4 is 5.32 Å². The summed E-state index contributed by atoms with van der Waals surface area (Å²) in [6, 6.07) is 14.4. The lowest BCUT2D eigenvalue weighted by Gasteiger charge is -2.16. The Morgan fingerprint density at radius 3 is 2.65 bits per heavy atom. The van der Waals surface area contributed by atoms with E-state index in [1.165, 1.54) is 11.1 Å². The number of rotatable bonds is 6. The Morgan fingerprint density at radius 1 is 1.22 bits per heavy atom. The molecule has 0 bridgehead atoms. The molecule has 2 aromatic rings. The topological polar surface area (TPSA) is 29.1 Å². The Labute approximate surface area is 151 Å². The van der Waals surface area contributed by atoms with Gasteiger partial charge in [0, 0.05) is 15.9 Å². The highest BCUT2D eigenvalue weighted by Gasteiger charge is 2.12. The number of amides is 1. The van der Waals surface area contributed by atoms with Crippen molar-refractivity contribution in [3.05, 3.63) is 63.6 Å². The third kappa shape index (κ3) is 5.40. The quantitative estimate of drug-likeness (QED) is 0.678. The van der Waals surface area contributed by atoms with Crippen LogP contribution in [0.2, 0.25) is 0 Å². The SMILES string of the molecule is Cc1cccc(C(C)C)c1NC(=O)CSCc1cccc(Br)c1. The van der Waals surface area contributed by atoms with Gasteiger partial charge in [-0.3, -0.25) is 4.79 Å². The van der Waals surface area contributed by atoms with Crippen LogP contribution >= 0.6 is 27.7 Å². The molecule has 0 unspecified atom stereocenters. The lowest BCUT2D eigenvalue weighted by atomic mass is 9.98. The standard InChI is InChI=1S/C19H22BrNOS/c1-13(2)17-9-4-6-14(3)19(17)21-18(22)12-23-11-15-7-5-8-16(20)10-15/h4-10,13H,11-12H2,1-3H3,(H,21,22). The van der Waals surface area contributed by atoms with E-state index in [-0.39, 0.29) is 5.91 Å². The first-order valence-electron chi connectivity index (χ1n) is 7.69. The summed E-state index contributed by atoms with van der Waals surface area (Å²) in [6.45, 7) is 6.33. The Balaban J connectivity index is 1.93. The molecule has 0 aromatic heterocycles. The molecule has 0 saturated carbocycles. The molecular formula is C19H22BrNOS. The van der Waals surface area contributed by atoms with Gasteiger partial charge in [0.25, 0.3) is 0 Å². The van der Waals surface area contributed by atoms with E-state index in [2.05, 4.69) is 53.3 Å². The zero-order valence-corrected chi connectivity index (χ0v) is 16.1.